The average Bonchev–Trinajstić information content (AvgIpc) is 2.95. The summed E-state index contributed by atoms with van der Waals surface area (Å²) in [6.45, 7) is 2.54. The summed E-state index contributed by atoms with van der Waals surface area (Å²) in [6, 6.07) is 4.16. The van der Waals surface area contributed by atoms with Crippen molar-refractivity contribution in [2.75, 3.05) is 19.6 Å². The van der Waals surface area contributed by atoms with Crippen molar-refractivity contribution in [3.05, 3.63) is 35.4 Å². The van der Waals surface area contributed by atoms with Crippen LogP contribution < -0.4 is 5.73 Å². The molecule has 3 unspecified atom stereocenters. The highest BCUT2D eigenvalue weighted by Crippen LogP contribution is 2.40. The van der Waals surface area contributed by atoms with Gasteiger partial charge in [0.15, 0.2) is 11.6 Å². The Morgan fingerprint density at radius 3 is 2.42 bits per heavy atom. The van der Waals surface area contributed by atoms with Crippen LogP contribution in [0.4, 0.5) is 8.78 Å². The molecule has 0 spiro atoms. The van der Waals surface area contributed by atoms with E-state index in [1.165, 1.54) is 31.4 Å². The molecule has 4 heteroatoms. The summed E-state index contributed by atoms with van der Waals surface area (Å²) in [7, 11) is 0. The maximum Gasteiger partial charge on any atom is 0.159 e. The molecule has 0 bridgehead atoms. The molecule has 1 saturated carbocycles. The zero-order chi connectivity index (χ0) is 13.4. The lowest BCUT2D eigenvalue weighted by Crippen LogP contribution is -2.32. The van der Waals surface area contributed by atoms with Crippen LogP contribution in [-0.4, -0.2) is 24.5 Å². The summed E-state index contributed by atoms with van der Waals surface area (Å²) in [5, 5.41) is 0. The molecule has 2 fully saturated rings. The summed E-state index contributed by atoms with van der Waals surface area (Å²) in [5.41, 5.74) is 6.66. The van der Waals surface area contributed by atoms with Crippen LogP contribution >= 0.6 is 0 Å². The number of halogens is 2. The van der Waals surface area contributed by atoms with Crippen molar-refractivity contribution in [1.82, 2.24) is 4.90 Å². The molecule has 0 amide bonds. The van der Waals surface area contributed by atoms with Crippen LogP contribution in [0, 0.1) is 23.5 Å². The number of hydrogen-bond acceptors (Lipinski definition) is 2. The number of hydrogen-bond donors (Lipinski definition) is 1. The fourth-order valence-corrected chi connectivity index (χ4v) is 3.74. The first-order chi connectivity index (χ1) is 9.19. The van der Waals surface area contributed by atoms with Gasteiger partial charge in [0.1, 0.15) is 0 Å². The Labute approximate surface area is 112 Å². The van der Waals surface area contributed by atoms with E-state index in [0.717, 1.165) is 30.5 Å². The highest BCUT2D eigenvalue weighted by molar-refractivity contribution is 5.22. The van der Waals surface area contributed by atoms with E-state index in [-0.39, 0.29) is 6.04 Å². The van der Waals surface area contributed by atoms with Crippen LogP contribution in [0.1, 0.15) is 30.9 Å². The lowest BCUT2D eigenvalue weighted by Gasteiger charge is -2.27. The Morgan fingerprint density at radius 1 is 1.16 bits per heavy atom. The Morgan fingerprint density at radius 2 is 1.84 bits per heavy atom. The van der Waals surface area contributed by atoms with E-state index < -0.39 is 11.6 Å². The maximum absolute atomic E-state index is 13.4. The number of rotatable bonds is 3. The molecule has 2 aliphatic rings. The van der Waals surface area contributed by atoms with Gasteiger partial charge in [-0.05, 0) is 42.4 Å². The van der Waals surface area contributed by atoms with E-state index in [4.69, 9.17) is 5.73 Å². The van der Waals surface area contributed by atoms with Gasteiger partial charge in [0.25, 0.3) is 0 Å². The van der Waals surface area contributed by atoms with E-state index >= 15 is 0 Å². The number of likely N-dealkylation sites (tertiary alicyclic amines) is 1. The van der Waals surface area contributed by atoms with Crippen LogP contribution in [0.15, 0.2) is 18.2 Å². The largest absolute Gasteiger partial charge is 0.329 e. The van der Waals surface area contributed by atoms with Gasteiger partial charge >= 0.3 is 0 Å². The van der Waals surface area contributed by atoms with Crippen molar-refractivity contribution in [1.29, 1.82) is 0 Å². The van der Waals surface area contributed by atoms with Gasteiger partial charge in [0.05, 0.1) is 0 Å². The van der Waals surface area contributed by atoms with Crippen molar-refractivity contribution >= 4 is 0 Å². The van der Waals surface area contributed by atoms with Crippen LogP contribution in [-0.2, 0) is 0 Å². The van der Waals surface area contributed by atoms with Gasteiger partial charge in [-0.25, -0.2) is 8.78 Å². The molecule has 1 heterocycles. The smallest absolute Gasteiger partial charge is 0.159 e. The molecule has 1 aliphatic carbocycles. The predicted octanol–water partition coefficient (Wildman–Crippen LogP) is 2.70. The molecule has 1 aromatic rings. The molecular formula is C15H20F2N2. The topological polar surface area (TPSA) is 29.3 Å². The summed E-state index contributed by atoms with van der Waals surface area (Å²) in [6.07, 6.45) is 3.94. The minimum atomic E-state index is -0.794. The quantitative estimate of drug-likeness (QED) is 0.911. The highest BCUT2D eigenvalue weighted by atomic mass is 19.2. The zero-order valence-electron chi connectivity index (χ0n) is 11.0. The number of nitrogens with zero attached hydrogens (tertiary/aromatic N) is 1. The van der Waals surface area contributed by atoms with Gasteiger partial charge in [-0.2, -0.15) is 0 Å². The second-order valence-electron chi connectivity index (χ2n) is 5.83. The minimum Gasteiger partial charge on any atom is -0.329 e. The second-order valence-corrected chi connectivity index (χ2v) is 5.83. The minimum absolute atomic E-state index is 0.0145. The van der Waals surface area contributed by atoms with E-state index in [0.29, 0.717) is 6.54 Å². The van der Waals surface area contributed by atoms with Crippen molar-refractivity contribution < 1.29 is 8.78 Å². The molecule has 1 aliphatic heterocycles. The van der Waals surface area contributed by atoms with Gasteiger partial charge in [0, 0.05) is 25.7 Å². The van der Waals surface area contributed by atoms with Crippen molar-refractivity contribution in [2.24, 2.45) is 17.6 Å². The molecule has 3 atom stereocenters. The molecule has 0 radical (unpaired) electrons. The van der Waals surface area contributed by atoms with E-state index in [1.54, 1.807) is 6.07 Å². The second kappa shape index (κ2) is 5.17. The van der Waals surface area contributed by atoms with E-state index in [1.807, 2.05) is 0 Å². The maximum atomic E-state index is 13.4. The van der Waals surface area contributed by atoms with Gasteiger partial charge in [-0.15, -0.1) is 0 Å². The lowest BCUT2D eigenvalue weighted by atomic mass is 10.0. The number of nitrogens with two attached hydrogens (primary N) is 1. The third-order valence-corrected chi connectivity index (χ3v) is 4.75. The highest BCUT2D eigenvalue weighted by Gasteiger charge is 2.38. The lowest BCUT2D eigenvalue weighted by molar-refractivity contribution is 0.231. The predicted molar refractivity (Wildman–Crippen MR) is 70.6 cm³/mol. The summed E-state index contributed by atoms with van der Waals surface area (Å²) >= 11 is 0. The summed E-state index contributed by atoms with van der Waals surface area (Å²) in [5.74, 6) is -0.0214. The van der Waals surface area contributed by atoms with Crippen LogP contribution in [0.3, 0.4) is 0 Å². The molecule has 1 aromatic carbocycles. The Balaban J connectivity index is 1.79. The Kier molecular flexibility index (Phi) is 3.54. The number of fused-ring (bicyclic) bond motifs is 1. The molecule has 19 heavy (non-hydrogen) atoms. The van der Waals surface area contributed by atoms with Crippen LogP contribution in [0.25, 0.3) is 0 Å². The zero-order valence-corrected chi connectivity index (χ0v) is 11.0. The first-order valence-electron chi connectivity index (χ1n) is 7.08. The molecule has 2 nitrogen and oxygen atoms in total. The van der Waals surface area contributed by atoms with Gasteiger partial charge in [-0.3, -0.25) is 4.90 Å². The Hall–Kier alpha value is -1.00. The van der Waals surface area contributed by atoms with Gasteiger partial charge in [0.2, 0.25) is 0 Å². The van der Waals surface area contributed by atoms with Crippen LogP contribution in [0.5, 0.6) is 0 Å². The number of benzene rings is 1. The van der Waals surface area contributed by atoms with Gasteiger partial charge < -0.3 is 5.73 Å². The summed E-state index contributed by atoms with van der Waals surface area (Å²) in [4.78, 5) is 2.35. The molecular weight excluding hydrogens is 246 g/mol. The SMILES string of the molecule is NCC(c1ccc(F)c(F)c1)N1CC2CCCC2C1. The first kappa shape index (κ1) is 13.0. The molecule has 1 saturated heterocycles. The molecule has 2 N–H and O–H groups in total. The summed E-state index contributed by atoms with van der Waals surface area (Å²) < 4.78 is 26.4. The standard InChI is InChI=1S/C15H20F2N2/c16-13-5-4-10(6-14(13)17)15(7-18)19-8-11-2-1-3-12(11)9-19/h4-6,11-12,15H,1-3,7-9,18H2. The third-order valence-electron chi connectivity index (χ3n) is 4.75. The van der Waals surface area contributed by atoms with Crippen LogP contribution in [0.2, 0.25) is 0 Å². The van der Waals surface area contributed by atoms with E-state index in [2.05, 4.69) is 4.90 Å². The molecule has 104 valence electrons. The Bertz CT molecular complexity index is 451. The third kappa shape index (κ3) is 2.39. The monoisotopic (exact) mass is 266 g/mol. The molecule has 0 aromatic heterocycles. The van der Waals surface area contributed by atoms with Crippen molar-refractivity contribution in [3.63, 3.8) is 0 Å². The normalized spacial score (nSPS) is 28.6. The van der Waals surface area contributed by atoms with Crippen molar-refractivity contribution in [2.45, 2.75) is 25.3 Å². The molecule has 3 rings (SSSR count). The fraction of sp³-hybridized carbons (Fsp3) is 0.600. The van der Waals surface area contributed by atoms with E-state index in [9.17, 15) is 8.78 Å². The van der Waals surface area contributed by atoms with Crippen molar-refractivity contribution in [3.8, 4) is 0 Å². The first-order valence-corrected chi connectivity index (χ1v) is 7.08. The average molecular weight is 266 g/mol. The fourth-order valence-electron chi connectivity index (χ4n) is 3.74. The van der Waals surface area contributed by atoms with Gasteiger partial charge in [-0.1, -0.05) is 12.5 Å².